The number of fused-ring (bicyclic) bond motifs is 3. The van der Waals surface area contributed by atoms with E-state index in [1.54, 1.807) is 17.4 Å². The van der Waals surface area contributed by atoms with Crippen molar-refractivity contribution in [2.75, 3.05) is 13.1 Å². The van der Waals surface area contributed by atoms with Gasteiger partial charge >= 0.3 is 0 Å². The fourth-order valence-electron chi connectivity index (χ4n) is 6.25. The minimum atomic E-state index is -0.159. The molecular formula is C27H32FN5S. The Kier molecular flexibility index (Phi) is 5.26. The molecule has 0 radical (unpaired) electrons. The smallest absolute Gasteiger partial charge is 0.162 e. The average molecular weight is 478 g/mol. The third-order valence-corrected chi connectivity index (χ3v) is 9.64. The maximum Gasteiger partial charge on any atom is 0.162 e. The molecule has 5 nitrogen and oxygen atoms in total. The molecule has 1 spiro atoms. The maximum absolute atomic E-state index is 15.6. The number of rotatable bonds is 2. The van der Waals surface area contributed by atoms with Crippen molar-refractivity contribution in [1.29, 1.82) is 0 Å². The summed E-state index contributed by atoms with van der Waals surface area (Å²) in [5, 5.41) is 13.3. The lowest BCUT2D eigenvalue weighted by atomic mass is 9.68. The van der Waals surface area contributed by atoms with Crippen molar-refractivity contribution >= 4 is 17.0 Å². The first kappa shape index (κ1) is 22.1. The molecule has 1 atom stereocenters. The van der Waals surface area contributed by atoms with Gasteiger partial charge in [0.1, 0.15) is 22.7 Å². The highest BCUT2D eigenvalue weighted by Gasteiger charge is 2.38. The van der Waals surface area contributed by atoms with Gasteiger partial charge in [0.05, 0.1) is 5.71 Å². The van der Waals surface area contributed by atoms with E-state index in [9.17, 15) is 0 Å². The summed E-state index contributed by atoms with van der Waals surface area (Å²) in [6.45, 7) is 10.6. The molecule has 1 N–H and O–H groups in total. The van der Waals surface area contributed by atoms with E-state index in [-0.39, 0.29) is 11.9 Å². The second-order valence-corrected chi connectivity index (χ2v) is 11.7. The number of aliphatic imine (C=N–C) groups is 1. The molecule has 3 aliphatic rings. The van der Waals surface area contributed by atoms with Gasteiger partial charge in [0.25, 0.3) is 0 Å². The quantitative estimate of drug-likeness (QED) is 0.497. The van der Waals surface area contributed by atoms with Crippen LogP contribution in [0.3, 0.4) is 0 Å². The van der Waals surface area contributed by atoms with E-state index in [4.69, 9.17) is 4.99 Å². The normalized spacial score (nSPS) is 26.3. The van der Waals surface area contributed by atoms with Gasteiger partial charge in [-0.2, -0.15) is 0 Å². The zero-order valence-corrected chi connectivity index (χ0v) is 21.2. The van der Waals surface area contributed by atoms with Crippen molar-refractivity contribution in [1.82, 2.24) is 20.1 Å². The summed E-state index contributed by atoms with van der Waals surface area (Å²) in [4.78, 5) is 6.31. The SMILES string of the molecule is Cc1sc2c(c1C)C(c1ccc(C3CCC4(CCNC4)CC3)c(F)c1)=N[C@@H](C)c1nnc(C)n1-2. The van der Waals surface area contributed by atoms with Crippen LogP contribution in [0.25, 0.3) is 5.00 Å². The molecule has 0 amide bonds. The largest absolute Gasteiger partial charge is 0.316 e. The zero-order chi connectivity index (χ0) is 23.6. The maximum atomic E-state index is 15.6. The van der Waals surface area contributed by atoms with E-state index in [1.807, 2.05) is 19.9 Å². The minimum Gasteiger partial charge on any atom is -0.316 e. The summed E-state index contributed by atoms with van der Waals surface area (Å²) < 4.78 is 17.7. The first-order valence-corrected chi connectivity index (χ1v) is 13.3. The van der Waals surface area contributed by atoms with Crippen molar-refractivity contribution < 1.29 is 4.39 Å². The number of nitrogens with zero attached hydrogens (tertiary/aromatic N) is 4. The fraction of sp³-hybridized carbons (Fsp3) is 0.519. The monoisotopic (exact) mass is 477 g/mol. The predicted molar refractivity (Wildman–Crippen MR) is 135 cm³/mol. The number of hydrogen-bond acceptors (Lipinski definition) is 5. The molecule has 1 aliphatic carbocycles. The third kappa shape index (κ3) is 3.39. The molecule has 1 saturated heterocycles. The van der Waals surface area contributed by atoms with Crippen molar-refractivity contribution in [3.8, 4) is 5.00 Å². The zero-order valence-electron chi connectivity index (χ0n) is 20.4. The second-order valence-electron chi connectivity index (χ2n) is 10.5. The number of nitrogens with one attached hydrogen (secondary N) is 1. The Balaban J connectivity index is 1.37. The molecule has 2 aliphatic heterocycles. The first-order valence-electron chi connectivity index (χ1n) is 12.5. The van der Waals surface area contributed by atoms with E-state index in [1.165, 1.54) is 29.7 Å². The number of aryl methyl sites for hydroxylation is 2. The Labute approximate surface area is 204 Å². The van der Waals surface area contributed by atoms with Gasteiger partial charge in [0.15, 0.2) is 5.82 Å². The Bertz CT molecular complexity index is 1290. The first-order chi connectivity index (χ1) is 16.4. The molecule has 1 aromatic carbocycles. The standard InChI is InChI=1S/C27H32FN5S/c1-15-17(3)34-26-23(15)24(30-16(2)25-32-31-18(4)33(25)26)20-5-6-21(22(28)13-20)19-7-9-27(10-8-19)11-12-29-14-27/h5-6,13,16,19,29H,7-12,14H2,1-4H3/t16-,19?,27?/m0/s1. The van der Waals surface area contributed by atoms with E-state index in [0.29, 0.717) is 11.3 Å². The molecule has 6 rings (SSSR count). The Morgan fingerprint density at radius 1 is 1.12 bits per heavy atom. The van der Waals surface area contributed by atoms with Gasteiger partial charge in [-0.1, -0.05) is 12.1 Å². The summed E-state index contributed by atoms with van der Waals surface area (Å²) in [5.41, 5.74) is 5.31. The number of halogens is 1. The summed E-state index contributed by atoms with van der Waals surface area (Å²) >= 11 is 1.73. The van der Waals surface area contributed by atoms with Crippen LogP contribution in [-0.4, -0.2) is 33.6 Å². The van der Waals surface area contributed by atoms with Crippen LogP contribution in [0.5, 0.6) is 0 Å². The molecule has 2 aromatic heterocycles. The van der Waals surface area contributed by atoms with E-state index in [2.05, 4.69) is 40.0 Å². The summed E-state index contributed by atoms with van der Waals surface area (Å²) in [6.07, 6.45) is 5.83. The molecule has 0 unspecified atom stereocenters. The summed E-state index contributed by atoms with van der Waals surface area (Å²) in [6, 6.07) is 5.67. The molecule has 1 saturated carbocycles. The Morgan fingerprint density at radius 2 is 1.91 bits per heavy atom. The van der Waals surface area contributed by atoms with Crippen molar-refractivity contribution in [2.45, 2.75) is 71.8 Å². The van der Waals surface area contributed by atoms with Crippen LogP contribution in [0, 0.1) is 32.0 Å². The third-order valence-electron chi connectivity index (χ3n) is 8.45. The number of aromatic nitrogens is 3. The molecule has 2 fully saturated rings. The summed E-state index contributed by atoms with van der Waals surface area (Å²) in [5.74, 6) is 1.92. The summed E-state index contributed by atoms with van der Waals surface area (Å²) in [7, 11) is 0. The Hall–Kier alpha value is -2.38. The number of thiophene rings is 1. The van der Waals surface area contributed by atoms with Gasteiger partial charge in [0.2, 0.25) is 0 Å². The highest BCUT2D eigenvalue weighted by Crippen LogP contribution is 2.47. The van der Waals surface area contributed by atoms with E-state index >= 15 is 4.39 Å². The van der Waals surface area contributed by atoms with Crippen LogP contribution in [-0.2, 0) is 0 Å². The van der Waals surface area contributed by atoms with Crippen LogP contribution in [0.1, 0.15) is 89.8 Å². The van der Waals surface area contributed by atoms with Crippen LogP contribution >= 0.6 is 11.3 Å². The highest BCUT2D eigenvalue weighted by atomic mass is 32.1. The topological polar surface area (TPSA) is 55.1 Å². The number of benzene rings is 1. The molecule has 0 bridgehead atoms. The minimum absolute atomic E-state index is 0.0932. The molecule has 3 aromatic rings. The lowest BCUT2D eigenvalue weighted by molar-refractivity contribution is 0.197. The van der Waals surface area contributed by atoms with Crippen LogP contribution < -0.4 is 5.32 Å². The molecule has 34 heavy (non-hydrogen) atoms. The van der Waals surface area contributed by atoms with Crippen LogP contribution in [0.4, 0.5) is 4.39 Å². The van der Waals surface area contributed by atoms with Gasteiger partial charge in [-0.25, -0.2) is 4.39 Å². The molecule has 178 valence electrons. The lowest BCUT2D eigenvalue weighted by Crippen LogP contribution is -2.29. The van der Waals surface area contributed by atoms with Crippen LogP contribution in [0.2, 0.25) is 0 Å². The van der Waals surface area contributed by atoms with Gasteiger partial charge < -0.3 is 5.32 Å². The predicted octanol–water partition coefficient (Wildman–Crippen LogP) is 5.94. The fourth-order valence-corrected chi connectivity index (χ4v) is 7.46. The second kappa shape index (κ2) is 8.09. The van der Waals surface area contributed by atoms with Gasteiger partial charge in [-0.05, 0) is 94.9 Å². The van der Waals surface area contributed by atoms with Crippen molar-refractivity contribution in [3.05, 3.63) is 62.8 Å². The lowest BCUT2D eigenvalue weighted by Gasteiger charge is -2.37. The van der Waals surface area contributed by atoms with Gasteiger partial charge in [-0.3, -0.25) is 9.56 Å². The average Bonchev–Trinajstić information content (AvgIpc) is 3.49. The molecule has 4 heterocycles. The van der Waals surface area contributed by atoms with Crippen molar-refractivity contribution in [3.63, 3.8) is 0 Å². The van der Waals surface area contributed by atoms with Crippen LogP contribution in [0.15, 0.2) is 23.2 Å². The van der Waals surface area contributed by atoms with E-state index in [0.717, 1.165) is 65.0 Å². The van der Waals surface area contributed by atoms with Crippen molar-refractivity contribution in [2.24, 2.45) is 10.4 Å². The highest BCUT2D eigenvalue weighted by molar-refractivity contribution is 7.15. The number of hydrogen-bond donors (Lipinski definition) is 1. The van der Waals surface area contributed by atoms with Gasteiger partial charge in [0, 0.05) is 22.5 Å². The Morgan fingerprint density at radius 3 is 2.62 bits per heavy atom. The molecule has 7 heteroatoms. The van der Waals surface area contributed by atoms with E-state index < -0.39 is 0 Å². The van der Waals surface area contributed by atoms with Gasteiger partial charge in [-0.15, -0.1) is 21.5 Å². The molecular weight excluding hydrogens is 445 g/mol.